The summed E-state index contributed by atoms with van der Waals surface area (Å²) in [7, 11) is 0. The molecule has 0 aliphatic heterocycles. The molecule has 1 heteroatoms. The Balaban J connectivity index is 2.12. The van der Waals surface area contributed by atoms with Crippen LogP contribution in [0.25, 0.3) is 32.7 Å². The maximum atomic E-state index is 4.28. The molecule has 0 saturated heterocycles. The van der Waals surface area contributed by atoms with Crippen LogP contribution >= 0.6 is 0 Å². The van der Waals surface area contributed by atoms with E-state index in [1.165, 1.54) is 32.7 Å². The molecule has 0 aliphatic carbocycles. The summed E-state index contributed by atoms with van der Waals surface area (Å²) >= 11 is 0. The number of hydrogen-bond acceptors (Lipinski definition) is 1. The van der Waals surface area contributed by atoms with E-state index in [0.29, 0.717) is 0 Å². The van der Waals surface area contributed by atoms with Gasteiger partial charge in [0.05, 0.1) is 0 Å². The number of nitrogens with zero attached hydrogens (tertiary/aromatic N) is 1. The summed E-state index contributed by atoms with van der Waals surface area (Å²) in [6, 6.07) is 23.4. The van der Waals surface area contributed by atoms with Gasteiger partial charge in [-0.05, 0) is 33.4 Å². The quantitative estimate of drug-likeness (QED) is 0.463. The first-order valence-electron chi connectivity index (χ1n) is 6.74. The van der Waals surface area contributed by atoms with Crippen molar-refractivity contribution in [2.75, 3.05) is 0 Å². The van der Waals surface area contributed by atoms with Gasteiger partial charge in [0, 0.05) is 17.8 Å². The van der Waals surface area contributed by atoms with Gasteiger partial charge in [-0.2, -0.15) is 0 Å². The third-order valence-electron chi connectivity index (χ3n) is 3.76. The lowest BCUT2D eigenvalue weighted by Crippen LogP contribution is -1.84. The normalized spacial score (nSPS) is 11.0. The molecule has 94 valence electrons. The largest absolute Gasteiger partial charge is 0.264 e. The predicted molar refractivity (Wildman–Crippen MR) is 84.7 cm³/mol. The molecule has 0 radical (unpaired) electrons. The van der Waals surface area contributed by atoms with Crippen LogP contribution in [0.5, 0.6) is 0 Å². The van der Waals surface area contributed by atoms with E-state index in [9.17, 15) is 0 Å². The van der Waals surface area contributed by atoms with Crippen LogP contribution in [0.1, 0.15) is 0 Å². The molecular weight excluding hydrogens is 242 g/mol. The Kier molecular flexibility index (Phi) is 2.49. The molecule has 0 atom stereocenters. The standard InChI is InChI=1S/C19H13N/c1-2-8-16-14(5-1)6-3-9-17(16)18-10-4-7-15-11-12-20-13-19(15)18/h1-13H. The Labute approximate surface area is 117 Å². The van der Waals surface area contributed by atoms with Crippen LogP contribution in [-0.2, 0) is 0 Å². The van der Waals surface area contributed by atoms with Gasteiger partial charge in [0.15, 0.2) is 0 Å². The number of pyridine rings is 1. The van der Waals surface area contributed by atoms with E-state index in [4.69, 9.17) is 0 Å². The molecular formula is C19H13N. The topological polar surface area (TPSA) is 12.9 Å². The van der Waals surface area contributed by atoms with Crippen molar-refractivity contribution in [2.45, 2.75) is 0 Å². The highest BCUT2D eigenvalue weighted by atomic mass is 14.6. The van der Waals surface area contributed by atoms with Gasteiger partial charge in [0.1, 0.15) is 0 Å². The van der Waals surface area contributed by atoms with Crippen molar-refractivity contribution >= 4 is 21.5 Å². The summed E-state index contributed by atoms with van der Waals surface area (Å²) in [5.41, 5.74) is 2.51. The molecule has 0 aliphatic rings. The summed E-state index contributed by atoms with van der Waals surface area (Å²) in [5, 5.41) is 4.98. The Bertz CT molecular complexity index is 821. The van der Waals surface area contributed by atoms with Crippen molar-refractivity contribution in [1.82, 2.24) is 4.98 Å². The highest BCUT2D eigenvalue weighted by Gasteiger charge is 2.06. The lowest BCUT2D eigenvalue weighted by atomic mass is 9.95. The van der Waals surface area contributed by atoms with Crippen molar-refractivity contribution < 1.29 is 0 Å². The third-order valence-corrected chi connectivity index (χ3v) is 3.76. The van der Waals surface area contributed by atoms with Crippen LogP contribution < -0.4 is 0 Å². The molecule has 0 fully saturated rings. The van der Waals surface area contributed by atoms with E-state index in [1.54, 1.807) is 0 Å². The molecule has 20 heavy (non-hydrogen) atoms. The molecule has 0 amide bonds. The maximum Gasteiger partial charge on any atom is 0.0352 e. The summed E-state index contributed by atoms with van der Waals surface area (Å²) < 4.78 is 0. The van der Waals surface area contributed by atoms with Gasteiger partial charge >= 0.3 is 0 Å². The van der Waals surface area contributed by atoms with Gasteiger partial charge < -0.3 is 0 Å². The fourth-order valence-corrected chi connectivity index (χ4v) is 2.81. The highest BCUT2D eigenvalue weighted by molar-refractivity contribution is 6.05. The Morgan fingerprint density at radius 3 is 2.05 bits per heavy atom. The zero-order valence-corrected chi connectivity index (χ0v) is 11.0. The molecule has 4 rings (SSSR count). The molecule has 1 aromatic heterocycles. The lowest BCUT2D eigenvalue weighted by molar-refractivity contribution is 1.36. The molecule has 1 nitrogen and oxygen atoms in total. The van der Waals surface area contributed by atoms with E-state index in [0.717, 1.165) is 0 Å². The van der Waals surface area contributed by atoms with E-state index in [-0.39, 0.29) is 0 Å². The van der Waals surface area contributed by atoms with Crippen LogP contribution in [-0.4, -0.2) is 4.98 Å². The number of hydrogen-bond donors (Lipinski definition) is 0. The molecule has 3 aromatic carbocycles. The Morgan fingerprint density at radius 2 is 1.20 bits per heavy atom. The van der Waals surface area contributed by atoms with Crippen molar-refractivity contribution in [3.8, 4) is 11.1 Å². The first-order chi connectivity index (χ1) is 9.93. The molecule has 0 unspecified atom stereocenters. The number of aromatic nitrogens is 1. The summed E-state index contributed by atoms with van der Waals surface area (Å²) in [6.45, 7) is 0. The van der Waals surface area contributed by atoms with Crippen LogP contribution in [0, 0.1) is 0 Å². The van der Waals surface area contributed by atoms with E-state index >= 15 is 0 Å². The number of benzene rings is 3. The van der Waals surface area contributed by atoms with Gasteiger partial charge in [-0.15, -0.1) is 0 Å². The van der Waals surface area contributed by atoms with Crippen LogP contribution in [0.15, 0.2) is 79.1 Å². The van der Waals surface area contributed by atoms with Gasteiger partial charge in [-0.25, -0.2) is 0 Å². The number of fused-ring (bicyclic) bond motifs is 2. The fraction of sp³-hybridized carbons (Fsp3) is 0. The van der Waals surface area contributed by atoms with Gasteiger partial charge in [-0.3, -0.25) is 4.98 Å². The van der Waals surface area contributed by atoms with Gasteiger partial charge in [0.25, 0.3) is 0 Å². The predicted octanol–water partition coefficient (Wildman–Crippen LogP) is 5.06. The molecule has 0 saturated carbocycles. The minimum Gasteiger partial charge on any atom is -0.264 e. The minimum atomic E-state index is 1.20. The maximum absolute atomic E-state index is 4.28. The second-order valence-electron chi connectivity index (χ2n) is 4.93. The first kappa shape index (κ1) is 11.2. The van der Waals surface area contributed by atoms with Crippen molar-refractivity contribution in [1.29, 1.82) is 0 Å². The molecule has 0 spiro atoms. The monoisotopic (exact) mass is 255 g/mol. The number of rotatable bonds is 1. The molecule has 1 heterocycles. The molecule has 4 aromatic rings. The highest BCUT2D eigenvalue weighted by Crippen LogP contribution is 2.33. The zero-order chi connectivity index (χ0) is 13.4. The molecule has 0 N–H and O–H groups in total. The van der Waals surface area contributed by atoms with Crippen LogP contribution in [0.2, 0.25) is 0 Å². The van der Waals surface area contributed by atoms with Gasteiger partial charge in [0.2, 0.25) is 0 Å². The average molecular weight is 255 g/mol. The summed E-state index contributed by atoms with van der Waals surface area (Å²) in [6.07, 6.45) is 3.79. The zero-order valence-electron chi connectivity index (χ0n) is 11.0. The fourth-order valence-electron chi connectivity index (χ4n) is 2.81. The Hall–Kier alpha value is -2.67. The minimum absolute atomic E-state index is 1.20. The summed E-state index contributed by atoms with van der Waals surface area (Å²) in [5.74, 6) is 0. The summed E-state index contributed by atoms with van der Waals surface area (Å²) in [4.78, 5) is 4.28. The van der Waals surface area contributed by atoms with E-state index < -0.39 is 0 Å². The van der Waals surface area contributed by atoms with E-state index in [2.05, 4.69) is 71.7 Å². The lowest BCUT2D eigenvalue weighted by Gasteiger charge is -2.09. The average Bonchev–Trinajstić information content (AvgIpc) is 2.54. The SMILES string of the molecule is c1ccc2c(-c3cccc4ccncc34)cccc2c1. The smallest absolute Gasteiger partial charge is 0.0352 e. The Morgan fingerprint density at radius 1 is 0.550 bits per heavy atom. The van der Waals surface area contributed by atoms with Crippen molar-refractivity contribution in [3.63, 3.8) is 0 Å². The van der Waals surface area contributed by atoms with Crippen LogP contribution in [0.4, 0.5) is 0 Å². The second kappa shape index (κ2) is 4.46. The third kappa shape index (κ3) is 1.68. The first-order valence-corrected chi connectivity index (χ1v) is 6.74. The molecule has 0 bridgehead atoms. The van der Waals surface area contributed by atoms with Crippen LogP contribution in [0.3, 0.4) is 0 Å². The van der Waals surface area contributed by atoms with Crippen molar-refractivity contribution in [2.24, 2.45) is 0 Å². The van der Waals surface area contributed by atoms with Crippen molar-refractivity contribution in [3.05, 3.63) is 79.1 Å². The second-order valence-corrected chi connectivity index (χ2v) is 4.93. The van der Waals surface area contributed by atoms with Gasteiger partial charge in [-0.1, -0.05) is 60.7 Å². The van der Waals surface area contributed by atoms with E-state index in [1.807, 2.05) is 12.4 Å².